The Morgan fingerprint density at radius 1 is 1.28 bits per heavy atom. The molecule has 1 unspecified atom stereocenters. The summed E-state index contributed by atoms with van der Waals surface area (Å²) < 4.78 is 5.10. The van der Waals surface area contributed by atoms with E-state index in [2.05, 4.69) is 0 Å². The molecule has 0 radical (unpaired) electrons. The molecule has 0 aliphatic rings. The first-order valence-corrected chi connectivity index (χ1v) is 5.52. The van der Waals surface area contributed by atoms with Crippen molar-refractivity contribution in [2.45, 2.75) is 32.3 Å². The number of nitrogens with two attached hydrogens (primary N) is 1. The van der Waals surface area contributed by atoms with Gasteiger partial charge in [0.05, 0.1) is 0 Å². The van der Waals surface area contributed by atoms with Crippen LogP contribution in [-0.2, 0) is 14.3 Å². The molecule has 0 spiro atoms. The summed E-state index contributed by atoms with van der Waals surface area (Å²) in [5.41, 5.74) is 5.46. The van der Waals surface area contributed by atoms with Crippen LogP contribution in [0.3, 0.4) is 0 Å². The molecular weight excluding hydrogens is 234 g/mol. The number of anilines is 1. The second kappa shape index (κ2) is 5.08. The van der Waals surface area contributed by atoms with Crippen LogP contribution in [0.25, 0.3) is 0 Å². The molecule has 5 nitrogen and oxygen atoms in total. The van der Waals surface area contributed by atoms with Crippen molar-refractivity contribution in [3.63, 3.8) is 0 Å². The van der Waals surface area contributed by atoms with Crippen molar-refractivity contribution in [3.05, 3.63) is 29.8 Å². The fourth-order valence-corrected chi connectivity index (χ4v) is 1.50. The molecule has 0 saturated heterocycles. The maximum absolute atomic E-state index is 11.9. The van der Waals surface area contributed by atoms with Crippen LogP contribution in [0, 0.1) is 0 Å². The van der Waals surface area contributed by atoms with Gasteiger partial charge in [0.25, 0.3) is 0 Å². The van der Waals surface area contributed by atoms with Gasteiger partial charge < -0.3 is 15.6 Å². The third-order valence-electron chi connectivity index (χ3n) is 2.20. The van der Waals surface area contributed by atoms with Gasteiger partial charge in [0, 0.05) is 11.3 Å². The molecule has 0 bridgehead atoms. The molecule has 18 heavy (non-hydrogen) atoms. The van der Waals surface area contributed by atoms with Gasteiger partial charge in [0.1, 0.15) is 5.60 Å². The van der Waals surface area contributed by atoms with Crippen molar-refractivity contribution in [2.75, 3.05) is 5.73 Å². The number of hydrogen-bond donors (Lipinski definition) is 2. The van der Waals surface area contributed by atoms with Crippen molar-refractivity contribution < 1.29 is 19.4 Å². The minimum absolute atomic E-state index is 0.249. The average molecular weight is 251 g/mol. The van der Waals surface area contributed by atoms with E-state index in [0.717, 1.165) is 0 Å². The number of nitrogen functional groups attached to an aromatic ring is 1. The van der Waals surface area contributed by atoms with E-state index in [4.69, 9.17) is 15.6 Å². The Labute approximate surface area is 106 Å². The smallest absolute Gasteiger partial charge is 0.325 e. The molecule has 0 saturated carbocycles. The first-order chi connectivity index (χ1) is 8.22. The predicted octanol–water partition coefficient (Wildman–Crippen LogP) is 1.78. The lowest BCUT2D eigenvalue weighted by Gasteiger charge is -2.22. The van der Waals surface area contributed by atoms with Crippen LogP contribution in [0.2, 0.25) is 0 Å². The Morgan fingerprint density at radius 3 is 2.28 bits per heavy atom. The van der Waals surface area contributed by atoms with E-state index >= 15 is 0 Å². The molecular formula is C13H17NO4. The average Bonchev–Trinajstić information content (AvgIpc) is 2.17. The Hall–Kier alpha value is -2.04. The van der Waals surface area contributed by atoms with Gasteiger partial charge in [-0.3, -0.25) is 9.59 Å². The number of rotatable bonds is 3. The Kier molecular flexibility index (Phi) is 3.96. The molecule has 0 aliphatic carbocycles. The maximum Gasteiger partial charge on any atom is 0.325 e. The molecule has 1 aromatic rings. The fraction of sp³-hybridized carbons (Fsp3) is 0.385. The minimum atomic E-state index is -1.40. The lowest BCUT2D eigenvalue weighted by atomic mass is 9.97. The molecule has 1 aromatic carbocycles. The summed E-state index contributed by atoms with van der Waals surface area (Å²) in [6, 6.07) is 6.37. The van der Waals surface area contributed by atoms with Gasteiger partial charge in [0.2, 0.25) is 0 Å². The summed E-state index contributed by atoms with van der Waals surface area (Å²) in [7, 11) is 0. The van der Waals surface area contributed by atoms with Gasteiger partial charge in [-0.15, -0.1) is 0 Å². The number of esters is 1. The number of carbonyl (C=O) groups is 2. The normalized spacial score (nSPS) is 12.8. The van der Waals surface area contributed by atoms with E-state index < -0.39 is 23.5 Å². The van der Waals surface area contributed by atoms with E-state index in [0.29, 0.717) is 0 Å². The van der Waals surface area contributed by atoms with Crippen molar-refractivity contribution in [3.8, 4) is 0 Å². The molecule has 0 heterocycles. The first-order valence-electron chi connectivity index (χ1n) is 5.52. The highest BCUT2D eigenvalue weighted by atomic mass is 16.6. The zero-order chi connectivity index (χ0) is 13.9. The van der Waals surface area contributed by atoms with E-state index in [1.165, 1.54) is 6.07 Å². The van der Waals surface area contributed by atoms with Gasteiger partial charge in [-0.2, -0.15) is 0 Å². The largest absolute Gasteiger partial charge is 0.480 e. The SMILES string of the molecule is CC(C)(C)OC(=O)C(C(=O)O)c1ccccc1N. The predicted molar refractivity (Wildman–Crippen MR) is 67.1 cm³/mol. The van der Waals surface area contributed by atoms with E-state index in [9.17, 15) is 9.59 Å². The Bertz CT molecular complexity index is 462. The fourth-order valence-electron chi connectivity index (χ4n) is 1.50. The highest BCUT2D eigenvalue weighted by Crippen LogP contribution is 2.25. The molecule has 3 N–H and O–H groups in total. The number of ether oxygens (including phenoxy) is 1. The number of carbonyl (C=O) groups excluding carboxylic acids is 1. The van der Waals surface area contributed by atoms with Crippen LogP contribution in [0.15, 0.2) is 24.3 Å². The Balaban J connectivity index is 3.09. The summed E-state index contributed by atoms with van der Waals surface area (Å²) in [5.74, 6) is -3.49. The zero-order valence-corrected chi connectivity index (χ0v) is 10.6. The molecule has 0 fully saturated rings. The number of aliphatic carboxylic acids is 1. The Morgan fingerprint density at radius 2 is 1.83 bits per heavy atom. The van der Waals surface area contributed by atoms with Crippen LogP contribution in [0.1, 0.15) is 32.3 Å². The zero-order valence-electron chi connectivity index (χ0n) is 10.6. The molecule has 5 heteroatoms. The van der Waals surface area contributed by atoms with Crippen molar-refractivity contribution in [2.24, 2.45) is 0 Å². The monoisotopic (exact) mass is 251 g/mol. The van der Waals surface area contributed by atoms with Crippen LogP contribution in [-0.4, -0.2) is 22.6 Å². The first kappa shape index (κ1) is 14.0. The minimum Gasteiger partial charge on any atom is -0.480 e. The molecule has 0 aromatic heterocycles. The number of carboxylic acid groups (broad SMARTS) is 1. The van der Waals surface area contributed by atoms with Crippen molar-refractivity contribution in [1.29, 1.82) is 0 Å². The maximum atomic E-state index is 11.9. The van der Waals surface area contributed by atoms with E-state index in [1.54, 1.807) is 39.0 Å². The lowest BCUT2D eigenvalue weighted by Crippen LogP contribution is -2.31. The summed E-state index contributed by atoms with van der Waals surface area (Å²) >= 11 is 0. The number of benzene rings is 1. The summed E-state index contributed by atoms with van der Waals surface area (Å²) in [4.78, 5) is 23.1. The van der Waals surface area contributed by atoms with Gasteiger partial charge in [-0.05, 0) is 26.8 Å². The van der Waals surface area contributed by atoms with Crippen LogP contribution in [0.5, 0.6) is 0 Å². The molecule has 0 aliphatic heterocycles. The number of hydrogen-bond acceptors (Lipinski definition) is 4. The number of para-hydroxylation sites is 1. The summed E-state index contributed by atoms with van der Waals surface area (Å²) in [6.07, 6.45) is 0. The highest BCUT2D eigenvalue weighted by Gasteiger charge is 2.33. The lowest BCUT2D eigenvalue weighted by molar-refractivity contribution is -0.162. The highest BCUT2D eigenvalue weighted by molar-refractivity contribution is 6.01. The summed E-state index contributed by atoms with van der Waals surface area (Å²) in [6.45, 7) is 5.04. The van der Waals surface area contributed by atoms with Crippen molar-refractivity contribution in [1.82, 2.24) is 0 Å². The van der Waals surface area contributed by atoms with Crippen molar-refractivity contribution >= 4 is 17.6 Å². The van der Waals surface area contributed by atoms with E-state index in [-0.39, 0.29) is 11.3 Å². The third-order valence-corrected chi connectivity index (χ3v) is 2.20. The van der Waals surface area contributed by atoms with Crippen LogP contribution >= 0.6 is 0 Å². The van der Waals surface area contributed by atoms with Gasteiger partial charge in [0.15, 0.2) is 5.92 Å². The molecule has 1 atom stereocenters. The van der Waals surface area contributed by atoms with E-state index in [1.807, 2.05) is 0 Å². The quantitative estimate of drug-likeness (QED) is 0.485. The standard InChI is InChI=1S/C13H17NO4/c1-13(2,3)18-12(17)10(11(15)16)8-6-4-5-7-9(8)14/h4-7,10H,14H2,1-3H3,(H,15,16). The van der Waals surface area contributed by atoms with Crippen LogP contribution in [0.4, 0.5) is 5.69 Å². The summed E-state index contributed by atoms with van der Waals surface area (Å²) in [5, 5.41) is 9.16. The molecule has 0 amide bonds. The molecule has 1 rings (SSSR count). The number of carboxylic acids is 1. The topological polar surface area (TPSA) is 89.6 Å². The molecule has 98 valence electrons. The van der Waals surface area contributed by atoms with Crippen LogP contribution < -0.4 is 5.73 Å². The van der Waals surface area contributed by atoms with Gasteiger partial charge in [-0.1, -0.05) is 18.2 Å². The second-order valence-corrected chi connectivity index (χ2v) is 4.93. The van der Waals surface area contributed by atoms with Gasteiger partial charge >= 0.3 is 11.9 Å². The van der Waals surface area contributed by atoms with Gasteiger partial charge in [-0.25, -0.2) is 0 Å². The second-order valence-electron chi connectivity index (χ2n) is 4.93. The third kappa shape index (κ3) is 3.48.